The molecule has 0 amide bonds. The number of carboxylic acids is 1. The first-order chi connectivity index (χ1) is 11.5. The highest BCUT2D eigenvalue weighted by Crippen LogP contribution is 2.28. The Bertz CT molecular complexity index is 462. The Balaban J connectivity index is 2.39. The van der Waals surface area contributed by atoms with E-state index < -0.39 is 12.1 Å². The number of carboxylic acid groups (broad SMARTS) is 1. The highest BCUT2D eigenvalue weighted by molar-refractivity contribution is 5.99. The molecule has 0 fully saturated rings. The van der Waals surface area contributed by atoms with Gasteiger partial charge in [0.05, 0.1) is 6.10 Å². The van der Waals surface area contributed by atoms with E-state index in [0.717, 1.165) is 68.9 Å². The fourth-order valence-corrected chi connectivity index (χ4v) is 3.07. The number of hydrogen-bond acceptors (Lipinski definition) is 3. The minimum absolute atomic E-state index is 0.228. The van der Waals surface area contributed by atoms with E-state index in [-0.39, 0.29) is 12.2 Å². The average Bonchev–Trinajstić information content (AvgIpc) is 2.89. The van der Waals surface area contributed by atoms with E-state index in [0.29, 0.717) is 12.8 Å². The summed E-state index contributed by atoms with van der Waals surface area (Å²) in [5.41, 5.74) is 2.00. The molecule has 0 saturated carbocycles. The minimum Gasteiger partial charge on any atom is -0.481 e. The molecule has 1 atom stereocenters. The lowest BCUT2D eigenvalue weighted by Gasteiger charge is -2.06. The molecule has 0 saturated heterocycles. The number of aliphatic hydroxyl groups excluding tert-OH is 1. The first-order valence-electron chi connectivity index (χ1n) is 9.37. The number of Topliss-reactive ketones (excluding diaryl/α,β-unsaturated/α-hetero) is 1. The van der Waals surface area contributed by atoms with Gasteiger partial charge in [0, 0.05) is 12.8 Å². The summed E-state index contributed by atoms with van der Waals surface area (Å²) in [7, 11) is 0. The summed E-state index contributed by atoms with van der Waals surface area (Å²) in [6.07, 6.45) is 13.3. The monoisotopic (exact) mass is 336 g/mol. The lowest BCUT2D eigenvalue weighted by Crippen LogP contribution is -2.02. The minimum atomic E-state index is -0.742. The number of carbonyl (C=O) groups excluding carboxylic acids is 1. The molecular weight excluding hydrogens is 304 g/mol. The van der Waals surface area contributed by atoms with Crippen molar-refractivity contribution in [2.24, 2.45) is 0 Å². The van der Waals surface area contributed by atoms with Gasteiger partial charge in [0.1, 0.15) is 0 Å². The predicted octanol–water partition coefficient (Wildman–Crippen LogP) is 4.57. The van der Waals surface area contributed by atoms with Crippen LogP contribution in [0.3, 0.4) is 0 Å². The Morgan fingerprint density at radius 3 is 2.58 bits per heavy atom. The van der Waals surface area contributed by atoms with Crippen LogP contribution in [0, 0.1) is 0 Å². The molecule has 0 radical (unpaired) electrons. The first-order valence-corrected chi connectivity index (χ1v) is 9.37. The largest absolute Gasteiger partial charge is 0.481 e. The highest BCUT2D eigenvalue weighted by atomic mass is 16.4. The number of aliphatic hydroxyl groups is 1. The molecule has 1 aliphatic rings. The second-order valence-corrected chi connectivity index (χ2v) is 6.66. The number of hydrogen-bond donors (Lipinski definition) is 2. The molecule has 0 aliphatic heterocycles. The van der Waals surface area contributed by atoms with Gasteiger partial charge in [0.15, 0.2) is 5.78 Å². The van der Waals surface area contributed by atoms with Gasteiger partial charge in [0.2, 0.25) is 0 Å². The van der Waals surface area contributed by atoms with E-state index in [1.54, 1.807) is 0 Å². The second kappa shape index (κ2) is 12.0. The van der Waals surface area contributed by atoms with Gasteiger partial charge < -0.3 is 10.2 Å². The number of unbranched alkanes of at least 4 members (excludes halogenated alkanes) is 5. The lowest BCUT2D eigenvalue weighted by atomic mass is 10.0. The zero-order valence-electron chi connectivity index (χ0n) is 14.9. The van der Waals surface area contributed by atoms with Gasteiger partial charge >= 0.3 is 5.97 Å². The smallest absolute Gasteiger partial charge is 0.303 e. The number of rotatable bonds is 13. The molecule has 4 heteroatoms. The molecular formula is C20H32O4. The third-order valence-electron chi connectivity index (χ3n) is 4.54. The zero-order chi connectivity index (χ0) is 17.8. The summed E-state index contributed by atoms with van der Waals surface area (Å²) in [5.74, 6) is -0.505. The Morgan fingerprint density at radius 1 is 1.12 bits per heavy atom. The van der Waals surface area contributed by atoms with E-state index in [4.69, 9.17) is 5.11 Å². The van der Waals surface area contributed by atoms with Crippen molar-refractivity contribution < 1.29 is 19.8 Å². The molecule has 2 N–H and O–H groups in total. The number of allylic oxidation sites excluding steroid dienone is 3. The molecule has 0 aromatic rings. The summed E-state index contributed by atoms with van der Waals surface area (Å²) in [6.45, 7) is 2.14. The quantitative estimate of drug-likeness (QED) is 0.483. The van der Waals surface area contributed by atoms with Gasteiger partial charge in [0.25, 0.3) is 0 Å². The summed E-state index contributed by atoms with van der Waals surface area (Å²) < 4.78 is 0. The molecule has 0 aromatic heterocycles. The first kappa shape index (κ1) is 20.6. The van der Waals surface area contributed by atoms with Gasteiger partial charge in [-0.2, -0.15) is 0 Å². The van der Waals surface area contributed by atoms with E-state index in [1.165, 1.54) is 0 Å². The third-order valence-corrected chi connectivity index (χ3v) is 4.54. The maximum absolute atomic E-state index is 12.0. The molecule has 4 nitrogen and oxygen atoms in total. The van der Waals surface area contributed by atoms with E-state index >= 15 is 0 Å². The Kier molecular flexibility index (Phi) is 10.3. The fraction of sp³-hybridized carbons (Fsp3) is 0.700. The summed E-state index contributed by atoms with van der Waals surface area (Å²) in [5, 5.41) is 18.6. The van der Waals surface area contributed by atoms with Gasteiger partial charge in [-0.25, -0.2) is 0 Å². The van der Waals surface area contributed by atoms with Gasteiger partial charge in [-0.1, -0.05) is 51.2 Å². The normalized spacial score (nSPS) is 16.3. The highest BCUT2D eigenvalue weighted by Gasteiger charge is 2.20. The predicted molar refractivity (Wildman–Crippen MR) is 95.9 cm³/mol. The SMILES string of the molecule is CCCCC[C@@H](O)/C=C\C1=C(CCCCCCC(=O)O)C(=O)CC1. The Morgan fingerprint density at radius 2 is 1.88 bits per heavy atom. The van der Waals surface area contributed by atoms with Crippen LogP contribution in [0.2, 0.25) is 0 Å². The lowest BCUT2D eigenvalue weighted by molar-refractivity contribution is -0.137. The van der Waals surface area contributed by atoms with Crippen LogP contribution < -0.4 is 0 Å². The maximum atomic E-state index is 12.0. The summed E-state index contributed by atoms with van der Waals surface area (Å²) >= 11 is 0. The van der Waals surface area contributed by atoms with Crippen LogP contribution >= 0.6 is 0 Å². The van der Waals surface area contributed by atoms with Crippen molar-refractivity contribution in [3.05, 3.63) is 23.3 Å². The van der Waals surface area contributed by atoms with Gasteiger partial charge in [-0.3, -0.25) is 9.59 Å². The molecule has 1 aliphatic carbocycles. The topological polar surface area (TPSA) is 74.6 Å². The van der Waals surface area contributed by atoms with E-state index in [1.807, 2.05) is 12.2 Å². The van der Waals surface area contributed by atoms with Crippen LogP contribution in [-0.2, 0) is 9.59 Å². The Labute approximate surface area is 145 Å². The molecule has 0 aromatic carbocycles. The van der Waals surface area contributed by atoms with Gasteiger partial charge in [-0.15, -0.1) is 0 Å². The molecule has 24 heavy (non-hydrogen) atoms. The van der Waals surface area contributed by atoms with Crippen LogP contribution in [0.15, 0.2) is 23.3 Å². The standard InChI is InChI=1S/C20H32O4/c1-2-3-6-9-17(21)14-12-16-13-15-19(22)18(16)10-7-4-5-8-11-20(23)24/h12,14,17,21H,2-11,13,15H2,1H3,(H,23,24)/b14-12-/t17-/m1/s1. The summed E-state index contributed by atoms with van der Waals surface area (Å²) in [4.78, 5) is 22.5. The van der Waals surface area contributed by atoms with Crippen molar-refractivity contribution in [3.63, 3.8) is 0 Å². The van der Waals surface area contributed by atoms with Crippen molar-refractivity contribution in [1.29, 1.82) is 0 Å². The van der Waals surface area contributed by atoms with Crippen molar-refractivity contribution in [2.75, 3.05) is 0 Å². The summed E-state index contributed by atoms with van der Waals surface area (Å²) in [6, 6.07) is 0. The number of ketones is 1. The van der Waals surface area contributed by atoms with E-state index in [2.05, 4.69) is 6.92 Å². The maximum Gasteiger partial charge on any atom is 0.303 e. The number of aliphatic carboxylic acids is 1. The van der Waals surface area contributed by atoms with Crippen molar-refractivity contribution in [2.45, 2.75) is 90.1 Å². The van der Waals surface area contributed by atoms with Gasteiger partial charge in [-0.05, 0) is 43.3 Å². The molecule has 136 valence electrons. The van der Waals surface area contributed by atoms with Crippen LogP contribution in [0.5, 0.6) is 0 Å². The third kappa shape index (κ3) is 8.44. The number of carbonyl (C=O) groups is 2. The molecule has 0 spiro atoms. The molecule has 0 heterocycles. The molecule has 0 bridgehead atoms. The second-order valence-electron chi connectivity index (χ2n) is 6.66. The van der Waals surface area contributed by atoms with Crippen LogP contribution in [0.4, 0.5) is 0 Å². The average molecular weight is 336 g/mol. The fourth-order valence-electron chi connectivity index (χ4n) is 3.07. The van der Waals surface area contributed by atoms with Crippen LogP contribution in [0.1, 0.15) is 84.0 Å². The van der Waals surface area contributed by atoms with Crippen LogP contribution in [0.25, 0.3) is 0 Å². The van der Waals surface area contributed by atoms with Crippen molar-refractivity contribution in [1.82, 2.24) is 0 Å². The molecule has 0 unspecified atom stereocenters. The van der Waals surface area contributed by atoms with Crippen molar-refractivity contribution >= 4 is 11.8 Å². The van der Waals surface area contributed by atoms with Crippen LogP contribution in [-0.4, -0.2) is 28.1 Å². The Hall–Kier alpha value is -1.42. The zero-order valence-corrected chi connectivity index (χ0v) is 14.9. The van der Waals surface area contributed by atoms with E-state index in [9.17, 15) is 14.7 Å². The van der Waals surface area contributed by atoms with Crippen molar-refractivity contribution in [3.8, 4) is 0 Å². The molecule has 1 rings (SSSR count).